The first-order valence-electron chi connectivity index (χ1n) is 10.6. The molecule has 1 aliphatic heterocycles. The number of nitrogens with one attached hydrogen (secondary N) is 1. The van der Waals surface area contributed by atoms with E-state index >= 15 is 0 Å². The van der Waals surface area contributed by atoms with Crippen molar-refractivity contribution in [1.29, 1.82) is 0 Å². The predicted octanol–water partition coefficient (Wildman–Crippen LogP) is 4.81. The number of ether oxygens (including phenoxy) is 1. The Balaban J connectivity index is 1.37. The third-order valence-electron chi connectivity index (χ3n) is 5.39. The van der Waals surface area contributed by atoms with E-state index in [0.717, 1.165) is 17.0 Å². The van der Waals surface area contributed by atoms with Crippen LogP contribution in [0.2, 0.25) is 0 Å². The van der Waals surface area contributed by atoms with Crippen molar-refractivity contribution < 1.29 is 13.9 Å². The lowest BCUT2D eigenvalue weighted by Gasteiger charge is -2.26. The van der Waals surface area contributed by atoms with Crippen molar-refractivity contribution in [1.82, 2.24) is 20.1 Å². The van der Waals surface area contributed by atoms with E-state index in [1.165, 1.54) is 17.8 Å². The molecule has 166 valence electrons. The number of rotatable bonds is 6. The Hall–Kier alpha value is -3.65. The molecule has 0 spiro atoms. The molecule has 3 aromatic carbocycles. The molecule has 0 aliphatic carbocycles. The van der Waals surface area contributed by atoms with Crippen LogP contribution < -0.4 is 10.1 Å². The average molecular weight is 461 g/mol. The fraction of sp³-hybridized carbons (Fsp3) is 0.160. The highest BCUT2D eigenvalue weighted by molar-refractivity contribution is 7.99. The lowest BCUT2D eigenvalue weighted by Crippen LogP contribution is -2.33. The van der Waals surface area contributed by atoms with Crippen molar-refractivity contribution in [2.75, 3.05) is 12.4 Å². The Morgan fingerprint density at radius 2 is 1.79 bits per heavy atom. The van der Waals surface area contributed by atoms with Crippen LogP contribution in [0.3, 0.4) is 0 Å². The Kier molecular flexibility index (Phi) is 6.08. The van der Waals surface area contributed by atoms with E-state index in [-0.39, 0.29) is 23.5 Å². The van der Waals surface area contributed by atoms with E-state index in [2.05, 4.69) is 15.5 Å². The molecule has 1 atom stereocenters. The first kappa shape index (κ1) is 21.2. The summed E-state index contributed by atoms with van der Waals surface area (Å²) in [4.78, 5) is 12.8. The second-order valence-corrected chi connectivity index (χ2v) is 8.48. The van der Waals surface area contributed by atoms with Crippen LogP contribution in [-0.4, -0.2) is 33.0 Å². The lowest BCUT2D eigenvalue weighted by molar-refractivity contribution is -0.119. The number of para-hydroxylation sites is 2. The lowest BCUT2D eigenvalue weighted by atomic mass is 10.0. The Bertz CT molecular complexity index is 1280. The topological polar surface area (TPSA) is 69.0 Å². The minimum atomic E-state index is -0.380. The molecule has 8 heteroatoms. The maximum atomic E-state index is 14.5. The second-order valence-electron chi connectivity index (χ2n) is 7.54. The van der Waals surface area contributed by atoms with Crippen molar-refractivity contribution >= 4 is 17.7 Å². The number of thioether (sulfide) groups is 1. The van der Waals surface area contributed by atoms with Gasteiger partial charge in [0.25, 0.3) is 0 Å². The summed E-state index contributed by atoms with van der Waals surface area (Å²) in [7, 11) is 0. The third kappa shape index (κ3) is 4.47. The van der Waals surface area contributed by atoms with Crippen LogP contribution in [0.4, 0.5) is 4.39 Å². The Morgan fingerprint density at radius 3 is 2.64 bits per heavy atom. The number of amides is 1. The van der Waals surface area contributed by atoms with Gasteiger partial charge in [0.1, 0.15) is 11.6 Å². The maximum absolute atomic E-state index is 14.5. The molecule has 0 saturated heterocycles. The molecular weight excluding hydrogens is 439 g/mol. The molecule has 0 radical (unpaired) electrons. The van der Waals surface area contributed by atoms with Crippen LogP contribution in [0.25, 0.3) is 17.1 Å². The van der Waals surface area contributed by atoms with Gasteiger partial charge in [0, 0.05) is 17.7 Å². The van der Waals surface area contributed by atoms with Crippen molar-refractivity contribution in [2.45, 2.75) is 17.6 Å². The number of nitrogens with zero attached hydrogens (tertiary/aromatic N) is 3. The first-order valence-corrected chi connectivity index (χ1v) is 11.6. The summed E-state index contributed by atoms with van der Waals surface area (Å²) in [6.45, 7) is 0.559. The number of carbonyl (C=O) groups is 1. The molecule has 1 aliphatic rings. The van der Waals surface area contributed by atoms with Gasteiger partial charge in [-0.1, -0.05) is 60.3 Å². The van der Waals surface area contributed by atoms with Gasteiger partial charge in [-0.05, 0) is 30.3 Å². The summed E-state index contributed by atoms with van der Waals surface area (Å²) < 4.78 is 22.0. The molecule has 1 N–H and O–H groups in total. The molecule has 4 aromatic rings. The highest BCUT2D eigenvalue weighted by Gasteiger charge is 2.24. The van der Waals surface area contributed by atoms with Gasteiger partial charge in [-0.2, -0.15) is 0 Å². The maximum Gasteiger partial charge on any atom is 0.230 e. The van der Waals surface area contributed by atoms with E-state index in [9.17, 15) is 9.18 Å². The molecule has 33 heavy (non-hydrogen) atoms. The summed E-state index contributed by atoms with van der Waals surface area (Å²) in [6, 6.07) is 23.6. The average Bonchev–Trinajstić information content (AvgIpc) is 3.27. The summed E-state index contributed by atoms with van der Waals surface area (Å²) in [5, 5.41) is 12.1. The number of halogens is 1. The molecule has 0 unspecified atom stereocenters. The van der Waals surface area contributed by atoms with Crippen LogP contribution in [0, 0.1) is 5.82 Å². The van der Waals surface area contributed by atoms with Gasteiger partial charge in [0.15, 0.2) is 11.0 Å². The van der Waals surface area contributed by atoms with Crippen LogP contribution in [0.1, 0.15) is 18.0 Å². The van der Waals surface area contributed by atoms with Crippen molar-refractivity contribution in [2.24, 2.45) is 0 Å². The van der Waals surface area contributed by atoms with E-state index in [1.54, 1.807) is 22.8 Å². The minimum Gasteiger partial charge on any atom is -0.493 e. The van der Waals surface area contributed by atoms with Crippen molar-refractivity contribution in [3.63, 3.8) is 0 Å². The second kappa shape index (κ2) is 9.46. The molecular formula is C25H21FN4O2S. The van der Waals surface area contributed by atoms with E-state index in [4.69, 9.17) is 4.74 Å². The number of benzene rings is 3. The zero-order chi connectivity index (χ0) is 22.6. The van der Waals surface area contributed by atoms with Crippen molar-refractivity contribution in [3.8, 4) is 22.8 Å². The number of aromatic nitrogens is 3. The monoisotopic (exact) mass is 460 g/mol. The Morgan fingerprint density at radius 1 is 1.03 bits per heavy atom. The quantitative estimate of drug-likeness (QED) is 0.419. The smallest absolute Gasteiger partial charge is 0.230 e. The molecule has 1 aromatic heterocycles. The summed E-state index contributed by atoms with van der Waals surface area (Å²) in [5.41, 5.74) is 2.13. The number of fused-ring (bicyclic) bond motifs is 1. The van der Waals surface area contributed by atoms with Gasteiger partial charge in [-0.15, -0.1) is 10.2 Å². The zero-order valence-corrected chi connectivity index (χ0v) is 18.5. The van der Waals surface area contributed by atoms with E-state index in [0.29, 0.717) is 29.6 Å². The summed E-state index contributed by atoms with van der Waals surface area (Å²) in [6.07, 6.45) is 0.713. The Labute approximate surface area is 194 Å². The molecule has 1 amide bonds. The summed E-state index contributed by atoms with van der Waals surface area (Å²) >= 11 is 1.26. The zero-order valence-electron chi connectivity index (χ0n) is 17.6. The predicted molar refractivity (Wildman–Crippen MR) is 125 cm³/mol. The van der Waals surface area contributed by atoms with Gasteiger partial charge in [-0.3, -0.25) is 9.36 Å². The summed E-state index contributed by atoms with van der Waals surface area (Å²) in [5.74, 6) is 0.855. The standard InChI is InChI=1S/C25H21FN4O2S/c26-20-12-6-4-10-18(20)24-28-29-25(30(24)17-8-2-1-3-9-17)33-16-23(31)27-21-14-15-32-22-13-7-5-11-19(21)22/h1-13,21H,14-16H2,(H,27,31)/t21-/m0/s1. The molecule has 2 heterocycles. The molecule has 0 fully saturated rings. The third-order valence-corrected chi connectivity index (χ3v) is 6.32. The van der Waals surface area contributed by atoms with Gasteiger partial charge >= 0.3 is 0 Å². The van der Waals surface area contributed by atoms with Crippen LogP contribution in [-0.2, 0) is 4.79 Å². The number of hydrogen-bond acceptors (Lipinski definition) is 5. The fourth-order valence-corrected chi connectivity index (χ4v) is 4.61. The molecule has 0 saturated carbocycles. The van der Waals surface area contributed by atoms with Gasteiger partial charge < -0.3 is 10.1 Å². The first-order chi connectivity index (χ1) is 16.2. The van der Waals surface area contributed by atoms with Crippen LogP contribution in [0.5, 0.6) is 5.75 Å². The van der Waals surface area contributed by atoms with Gasteiger partial charge in [0.05, 0.1) is 24.0 Å². The largest absolute Gasteiger partial charge is 0.493 e. The normalized spacial score (nSPS) is 14.9. The molecule has 5 rings (SSSR count). The van der Waals surface area contributed by atoms with Gasteiger partial charge in [-0.25, -0.2) is 4.39 Å². The molecule has 6 nitrogen and oxygen atoms in total. The van der Waals surface area contributed by atoms with E-state index in [1.807, 2.05) is 54.6 Å². The van der Waals surface area contributed by atoms with Crippen molar-refractivity contribution in [3.05, 3.63) is 90.2 Å². The minimum absolute atomic E-state index is 0.0935. The fourth-order valence-electron chi connectivity index (χ4n) is 3.85. The number of carbonyl (C=O) groups excluding carboxylic acids is 1. The SMILES string of the molecule is O=C(CSc1nnc(-c2ccccc2F)n1-c1ccccc1)N[C@H]1CCOc2ccccc21. The highest BCUT2D eigenvalue weighted by atomic mass is 32.2. The number of hydrogen-bond donors (Lipinski definition) is 1. The van der Waals surface area contributed by atoms with Crippen LogP contribution in [0.15, 0.2) is 84.0 Å². The molecule has 0 bridgehead atoms. The van der Waals surface area contributed by atoms with Gasteiger partial charge in [0.2, 0.25) is 5.91 Å². The van der Waals surface area contributed by atoms with E-state index < -0.39 is 0 Å². The van der Waals surface area contributed by atoms with Crippen LogP contribution >= 0.6 is 11.8 Å². The highest BCUT2D eigenvalue weighted by Crippen LogP contribution is 2.32.